The highest BCUT2D eigenvalue weighted by atomic mass is 16.3. The first kappa shape index (κ1) is 20.2. The zero-order valence-electron chi connectivity index (χ0n) is 16.0. The van der Waals surface area contributed by atoms with Crippen molar-refractivity contribution in [3.05, 3.63) is 12.1 Å². The van der Waals surface area contributed by atoms with Crippen LogP contribution in [0.15, 0.2) is 12.1 Å². The number of nitrogens with one attached hydrogen (secondary N) is 2. The Bertz CT molecular complexity index is 698. The zero-order chi connectivity index (χ0) is 20.1. The van der Waals surface area contributed by atoms with E-state index in [0.717, 1.165) is 68.9 Å². The van der Waals surface area contributed by atoms with E-state index in [4.69, 9.17) is 0 Å². The fourth-order valence-electron chi connectivity index (χ4n) is 4.33. The summed E-state index contributed by atoms with van der Waals surface area (Å²) in [5.41, 5.74) is 2.21. The van der Waals surface area contributed by atoms with E-state index in [9.17, 15) is 24.6 Å². The number of carbonyl (C=O) groups is 3. The van der Waals surface area contributed by atoms with Crippen LogP contribution in [0, 0.1) is 11.8 Å². The molecule has 1 aromatic heterocycles. The Labute approximate surface area is 164 Å². The number of nitrogens with zero attached hydrogens (tertiary/aromatic N) is 1. The normalized spacial score (nSPS) is 19.7. The zero-order valence-corrected chi connectivity index (χ0v) is 16.0. The molecule has 2 aliphatic rings. The van der Waals surface area contributed by atoms with Crippen molar-refractivity contribution >= 4 is 17.6 Å². The van der Waals surface area contributed by atoms with Gasteiger partial charge in [0, 0.05) is 18.1 Å². The first-order valence-electron chi connectivity index (χ1n) is 10.2. The number of amides is 2. The Morgan fingerprint density at radius 2 is 1.43 bits per heavy atom. The van der Waals surface area contributed by atoms with Crippen molar-refractivity contribution in [2.45, 2.75) is 70.3 Å². The van der Waals surface area contributed by atoms with Gasteiger partial charge in [-0.2, -0.15) is 4.68 Å². The number of aromatic nitrogens is 1. The van der Waals surface area contributed by atoms with Crippen LogP contribution < -0.4 is 10.7 Å². The van der Waals surface area contributed by atoms with Gasteiger partial charge in [-0.15, -0.1) is 0 Å². The fraction of sp³-hybridized carbons (Fsp3) is 0.650. The molecule has 4 N–H and O–H groups in total. The van der Waals surface area contributed by atoms with Crippen molar-refractivity contribution in [3.8, 4) is 11.8 Å². The monoisotopic (exact) mass is 391 g/mol. The maximum absolute atomic E-state index is 12.9. The molecule has 8 nitrogen and oxygen atoms in total. The summed E-state index contributed by atoms with van der Waals surface area (Å²) in [5, 5.41) is 22.2. The highest BCUT2D eigenvalue weighted by molar-refractivity contribution is 6.41. The molecule has 1 aromatic rings. The Kier molecular flexibility index (Phi) is 6.59. The van der Waals surface area contributed by atoms with Gasteiger partial charge in [0.1, 0.15) is 6.04 Å². The van der Waals surface area contributed by atoms with E-state index in [-0.39, 0.29) is 29.5 Å². The third-order valence-corrected chi connectivity index (χ3v) is 5.95. The molecule has 2 saturated carbocycles. The van der Waals surface area contributed by atoms with Gasteiger partial charge in [0.2, 0.25) is 23.5 Å². The van der Waals surface area contributed by atoms with Crippen LogP contribution in [0.1, 0.15) is 64.2 Å². The quantitative estimate of drug-likeness (QED) is 0.554. The number of aromatic hydroxyl groups is 2. The van der Waals surface area contributed by atoms with Crippen LogP contribution in [0.25, 0.3) is 0 Å². The summed E-state index contributed by atoms with van der Waals surface area (Å²) in [6, 6.07) is 1.52. The molecular formula is C20H29N3O5. The first-order chi connectivity index (χ1) is 13.5. The van der Waals surface area contributed by atoms with Crippen molar-refractivity contribution in [2.75, 3.05) is 5.43 Å². The minimum Gasteiger partial charge on any atom is -0.493 e. The van der Waals surface area contributed by atoms with Gasteiger partial charge in [-0.1, -0.05) is 38.5 Å². The number of Topliss-reactive ketones (excluding diaryl/α,β-unsaturated/α-hetero) is 1. The molecular weight excluding hydrogens is 362 g/mol. The molecule has 8 heteroatoms. The van der Waals surface area contributed by atoms with E-state index in [0.29, 0.717) is 0 Å². The van der Waals surface area contributed by atoms with Gasteiger partial charge in [0.25, 0.3) is 0 Å². The van der Waals surface area contributed by atoms with Crippen LogP contribution in [0.5, 0.6) is 11.8 Å². The molecule has 154 valence electrons. The summed E-state index contributed by atoms with van der Waals surface area (Å²) in [6.07, 6.45) is 9.36. The first-order valence-corrected chi connectivity index (χ1v) is 10.2. The molecule has 2 fully saturated rings. The topological polar surface area (TPSA) is 121 Å². The van der Waals surface area contributed by atoms with Gasteiger partial charge in [-0.25, -0.2) is 0 Å². The molecule has 1 heterocycles. The van der Waals surface area contributed by atoms with Crippen LogP contribution in [-0.2, 0) is 14.4 Å². The lowest BCUT2D eigenvalue weighted by atomic mass is 9.81. The van der Waals surface area contributed by atoms with E-state index < -0.39 is 17.7 Å². The molecule has 0 spiro atoms. The fourth-order valence-corrected chi connectivity index (χ4v) is 4.33. The van der Waals surface area contributed by atoms with Crippen molar-refractivity contribution in [2.24, 2.45) is 11.8 Å². The van der Waals surface area contributed by atoms with Gasteiger partial charge in [0.15, 0.2) is 0 Å². The molecule has 0 radical (unpaired) electrons. The van der Waals surface area contributed by atoms with Crippen LogP contribution in [0.2, 0.25) is 0 Å². The van der Waals surface area contributed by atoms with E-state index in [2.05, 4.69) is 10.7 Å². The summed E-state index contributed by atoms with van der Waals surface area (Å²) in [4.78, 5) is 38.1. The smallest absolute Gasteiger partial charge is 0.308 e. The highest BCUT2D eigenvalue weighted by Gasteiger charge is 2.36. The predicted molar refractivity (Wildman–Crippen MR) is 102 cm³/mol. The minimum absolute atomic E-state index is 0.0774. The van der Waals surface area contributed by atoms with E-state index >= 15 is 0 Å². The summed E-state index contributed by atoms with van der Waals surface area (Å²) >= 11 is 0. The minimum atomic E-state index is -0.971. The third kappa shape index (κ3) is 4.66. The summed E-state index contributed by atoms with van der Waals surface area (Å²) in [7, 11) is 0. The Hall–Kier alpha value is -2.51. The average molecular weight is 391 g/mol. The van der Waals surface area contributed by atoms with Crippen molar-refractivity contribution in [3.63, 3.8) is 0 Å². The standard InChI is InChI=1S/C20H29N3O5/c24-15-11-12-16(25)23(15)22-20(28)18(26)17(13-7-3-1-4-8-13)21-19(27)14-9-5-2-6-10-14/h11-14,17,24-25H,1-10H2,(H,21,27)(H,22,28). The third-order valence-electron chi connectivity index (χ3n) is 5.95. The second-order valence-corrected chi connectivity index (χ2v) is 7.91. The summed E-state index contributed by atoms with van der Waals surface area (Å²) in [5.74, 6) is -2.83. The van der Waals surface area contributed by atoms with Crippen molar-refractivity contribution in [1.29, 1.82) is 0 Å². The maximum Gasteiger partial charge on any atom is 0.308 e. The van der Waals surface area contributed by atoms with E-state index in [1.807, 2.05) is 0 Å². The van der Waals surface area contributed by atoms with Crippen LogP contribution in [0.3, 0.4) is 0 Å². The molecule has 2 amide bonds. The Morgan fingerprint density at radius 3 is 2.00 bits per heavy atom. The van der Waals surface area contributed by atoms with E-state index in [1.165, 1.54) is 12.1 Å². The van der Waals surface area contributed by atoms with Gasteiger partial charge >= 0.3 is 5.91 Å². The van der Waals surface area contributed by atoms with Crippen LogP contribution >= 0.6 is 0 Å². The molecule has 0 aromatic carbocycles. The molecule has 2 aliphatic carbocycles. The van der Waals surface area contributed by atoms with Gasteiger partial charge in [-0.05, 0) is 31.6 Å². The van der Waals surface area contributed by atoms with Crippen LogP contribution in [-0.4, -0.2) is 38.5 Å². The summed E-state index contributed by atoms with van der Waals surface area (Å²) < 4.78 is 0.737. The van der Waals surface area contributed by atoms with Crippen molar-refractivity contribution < 1.29 is 24.6 Å². The average Bonchev–Trinajstić information content (AvgIpc) is 3.04. The van der Waals surface area contributed by atoms with Crippen molar-refractivity contribution in [1.82, 2.24) is 9.99 Å². The lowest BCUT2D eigenvalue weighted by molar-refractivity contribution is -0.139. The Balaban J connectivity index is 1.72. The molecule has 0 aliphatic heterocycles. The van der Waals surface area contributed by atoms with Gasteiger partial charge in [-0.3, -0.25) is 19.8 Å². The molecule has 1 unspecified atom stereocenters. The van der Waals surface area contributed by atoms with E-state index in [1.54, 1.807) is 0 Å². The largest absolute Gasteiger partial charge is 0.493 e. The number of hydrogen-bond donors (Lipinski definition) is 4. The second-order valence-electron chi connectivity index (χ2n) is 7.91. The SMILES string of the molecule is O=C(Nn1c(O)ccc1O)C(=O)C(NC(=O)C1CCCCC1)C1CCCCC1. The highest BCUT2D eigenvalue weighted by Crippen LogP contribution is 2.29. The molecule has 1 atom stereocenters. The second kappa shape index (κ2) is 9.12. The van der Waals surface area contributed by atoms with Crippen LogP contribution in [0.4, 0.5) is 0 Å². The summed E-state index contributed by atoms with van der Waals surface area (Å²) in [6.45, 7) is 0. The lowest BCUT2D eigenvalue weighted by Crippen LogP contribution is -2.52. The molecule has 3 rings (SSSR count). The lowest BCUT2D eigenvalue weighted by Gasteiger charge is -2.31. The molecule has 0 bridgehead atoms. The number of hydrogen-bond acceptors (Lipinski definition) is 5. The number of carbonyl (C=O) groups excluding carboxylic acids is 3. The molecule has 0 saturated heterocycles. The van der Waals surface area contributed by atoms with Gasteiger partial charge < -0.3 is 15.5 Å². The molecule has 28 heavy (non-hydrogen) atoms. The number of ketones is 1. The number of rotatable bonds is 6. The predicted octanol–water partition coefficient (Wildman–Crippen LogP) is 2.18. The maximum atomic E-state index is 12.9. The van der Waals surface area contributed by atoms with Gasteiger partial charge in [0.05, 0.1) is 0 Å². The Morgan fingerprint density at radius 1 is 0.893 bits per heavy atom.